The summed E-state index contributed by atoms with van der Waals surface area (Å²) in [6.45, 7) is 0.242. The van der Waals surface area contributed by atoms with Crippen molar-refractivity contribution in [2.45, 2.75) is 24.9 Å². The summed E-state index contributed by atoms with van der Waals surface area (Å²) in [7, 11) is 1.51. The van der Waals surface area contributed by atoms with Crippen LogP contribution in [0.4, 0.5) is 0 Å². The molecule has 0 bridgehead atoms. The molecule has 0 atom stereocenters. The average Bonchev–Trinajstić information content (AvgIpc) is 3.04. The SMILES string of the molecule is COc1cc(-n2cccc2)c(Cl)cc1C(=O)NCC1(O)CCC1. The monoisotopic (exact) mass is 334 g/mol. The number of carbonyl (C=O) groups excluding carboxylic acids is 1. The Balaban J connectivity index is 1.84. The van der Waals surface area contributed by atoms with E-state index in [1.54, 1.807) is 12.1 Å². The van der Waals surface area contributed by atoms with Gasteiger partial charge in [-0.15, -0.1) is 0 Å². The highest BCUT2D eigenvalue weighted by molar-refractivity contribution is 6.33. The fourth-order valence-corrected chi connectivity index (χ4v) is 2.94. The van der Waals surface area contributed by atoms with Gasteiger partial charge >= 0.3 is 0 Å². The van der Waals surface area contributed by atoms with Crippen molar-refractivity contribution in [3.8, 4) is 11.4 Å². The number of amides is 1. The minimum absolute atomic E-state index is 0.242. The van der Waals surface area contributed by atoms with Gasteiger partial charge < -0.3 is 19.7 Å². The number of halogens is 1. The summed E-state index contributed by atoms with van der Waals surface area (Å²) in [5.41, 5.74) is 0.330. The summed E-state index contributed by atoms with van der Waals surface area (Å²) in [4.78, 5) is 12.4. The zero-order valence-electron chi connectivity index (χ0n) is 12.9. The molecule has 6 heteroatoms. The van der Waals surface area contributed by atoms with Gasteiger partial charge in [0.1, 0.15) is 5.75 Å². The third-order valence-corrected chi connectivity index (χ3v) is 4.56. The normalized spacial score (nSPS) is 15.8. The summed E-state index contributed by atoms with van der Waals surface area (Å²) in [5, 5.41) is 13.3. The van der Waals surface area contributed by atoms with Crippen LogP contribution in [0.2, 0.25) is 5.02 Å². The highest BCUT2D eigenvalue weighted by atomic mass is 35.5. The second-order valence-corrected chi connectivity index (χ2v) is 6.26. The van der Waals surface area contributed by atoms with Crippen LogP contribution in [-0.2, 0) is 0 Å². The Morgan fingerprint density at radius 3 is 2.65 bits per heavy atom. The third-order valence-electron chi connectivity index (χ3n) is 4.26. The summed E-state index contributed by atoms with van der Waals surface area (Å²) in [5.74, 6) is 0.138. The van der Waals surface area contributed by atoms with Gasteiger partial charge in [-0.2, -0.15) is 0 Å². The molecule has 0 radical (unpaired) electrons. The molecule has 1 fully saturated rings. The number of nitrogens with one attached hydrogen (secondary N) is 1. The van der Waals surface area contributed by atoms with Gasteiger partial charge in [-0.05, 0) is 37.5 Å². The van der Waals surface area contributed by atoms with Gasteiger partial charge in [-0.25, -0.2) is 0 Å². The number of hydrogen-bond acceptors (Lipinski definition) is 3. The summed E-state index contributed by atoms with van der Waals surface area (Å²) >= 11 is 6.32. The lowest BCUT2D eigenvalue weighted by atomic mass is 9.80. The van der Waals surface area contributed by atoms with Crippen LogP contribution in [0.5, 0.6) is 5.75 Å². The Morgan fingerprint density at radius 1 is 1.39 bits per heavy atom. The van der Waals surface area contributed by atoms with Gasteiger partial charge in [0, 0.05) is 25.0 Å². The number of benzene rings is 1. The Kier molecular flexibility index (Phi) is 4.33. The minimum atomic E-state index is -0.766. The van der Waals surface area contributed by atoms with Crippen molar-refractivity contribution < 1.29 is 14.6 Å². The molecule has 2 N–H and O–H groups in total. The van der Waals surface area contributed by atoms with E-state index >= 15 is 0 Å². The smallest absolute Gasteiger partial charge is 0.255 e. The van der Waals surface area contributed by atoms with Crippen molar-refractivity contribution >= 4 is 17.5 Å². The minimum Gasteiger partial charge on any atom is -0.496 e. The number of aromatic nitrogens is 1. The van der Waals surface area contributed by atoms with E-state index in [9.17, 15) is 9.90 Å². The molecular weight excluding hydrogens is 316 g/mol. The number of nitrogens with zero attached hydrogens (tertiary/aromatic N) is 1. The molecule has 1 aliphatic rings. The standard InChI is InChI=1S/C17H19ClN2O3/c1-23-15-10-14(20-7-2-3-8-20)13(18)9-12(15)16(21)19-11-17(22)5-4-6-17/h2-3,7-10,22H,4-6,11H2,1H3,(H,19,21). The highest BCUT2D eigenvalue weighted by Crippen LogP contribution is 2.32. The molecule has 23 heavy (non-hydrogen) atoms. The number of hydrogen-bond donors (Lipinski definition) is 2. The topological polar surface area (TPSA) is 63.5 Å². The van der Waals surface area contributed by atoms with Crippen LogP contribution in [0.1, 0.15) is 29.6 Å². The van der Waals surface area contributed by atoms with Crippen LogP contribution in [0.25, 0.3) is 5.69 Å². The predicted octanol–water partition coefficient (Wildman–Crippen LogP) is 2.78. The lowest BCUT2D eigenvalue weighted by Crippen LogP contribution is -2.47. The Morgan fingerprint density at radius 2 is 2.09 bits per heavy atom. The molecule has 1 aliphatic carbocycles. The molecule has 1 aromatic heterocycles. The molecule has 5 nitrogen and oxygen atoms in total. The first kappa shape index (κ1) is 15.9. The maximum Gasteiger partial charge on any atom is 0.255 e. The number of rotatable bonds is 5. The number of methoxy groups -OCH3 is 1. The fraction of sp³-hybridized carbons (Fsp3) is 0.353. The fourth-order valence-electron chi connectivity index (χ4n) is 2.68. The Bertz CT molecular complexity index is 709. The van der Waals surface area contributed by atoms with E-state index in [2.05, 4.69) is 5.32 Å². The average molecular weight is 335 g/mol. The molecule has 0 unspecified atom stereocenters. The molecule has 3 rings (SSSR count). The van der Waals surface area contributed by atoms with Crippen LogP contribution in [0.15, 0.2) is 36.7 Å². The zero-order valence-corrected chi connectivity index (χ0v) is 13.6. The first-order chi connectivity index (χ1) is 11.0. The molecule has 1 heterocycles. The van der Waals surface area contributed by atoms with E-state index in [0.29, 0.717) is 16.3 Å². The molecule has 0 aliphatic heterocycles. The van der Waals surface area contributed by atoms with Crippen molar-refractivity contribution in [1.29, 1.82) is 0 Å². The second kappa shape index (κ2) is 6.26. The van der Waals surface area contributed by atoms with E-state index in [1.807, 2.05) is 29.1 Å². The lowest BCUT2D eigenvalue weighted by Gasteiger charge is -2.36. The molecule has 0 saturated heterocycles. The van der Waals surface area contributed by atoms with E-state index in [0.717, 1.165) is 24.9 Å². The Hall–Kier alpha value is -1.98. The van der Waals surface area contributed by atoms with Crippen LogP contribution >= 0.6 is 11.6 Å². The van der Waals surface area contributed by atoms with Gasteiger partial charge in [0.15, 0.2) is 0 Å². The zero-order chi connectivity index (χ0) is 16.4. The first-order valence-electron chi connectivity index (χ1n) is 7.54. The van der Waals surface area contributed by atoms with Gasteiger partial charge in [0.05, 0.1) is 29.0 Å². The predicted molar refractivity (Wildman–Crippen MR) is 88.5 cm³/mol. The molecule has 1 aromatic carbocycles. The molecule has 122 valence electrons. The van der Waals surface area contributed by atoms with E-state index < -0.39 is 5.60 Å². The van der Waals surface area contributed by atoms with Gasteiger partial charge in [-0.1, -0.05) is 11.6 Å². The van der Waals surface area contributed by atoms with Crippen LogP contribution in [0.3, 0.4) is 0 Å². The van der Waals surface area contributed by atoms with Crippen molar-refractivity contribution in [1.82, 2.24) is 9.88 Å². The van der Waals surface area contributed by atoms with Crippen molar-refractivity contribution in [3.05, 3.63) is 47.2 Å². The van der Waals surface area contributed by atoms with E-state index in [-0.39, 0.29) is 12.5 Å². The first-order valence-corrected chi connectivity index (χ1v) is 7.92. The second-order valence-electron chi connectivity index (χ2n) is 5.85. The van der Waals surface area contributed by atoms with Crippen molar-refractivity contribution in [2.75, 3.05) is 13.7 Å². The van der Waals surface area contributed by atoms with Gasteiger partial charge in [0.25, 0.3) is 5.91 Å². The van der Waals surface area contributed by atoms with E-state index in [4.69, 9.17) is 16.3 Å². The number of carbonyl (C=O) groups is 1. The maximum atomic E-state index is 12.4. The van der Waals surface area contributed by atoms with Gasteiger partial charge in [-0.3, -0.25) is 4.79 Å². The van der Waals surface area contributed by atoms with Crippen LogP contribution in [-0.4, -0.2) is 34.8 Å². The quantitative estimate of drug-likeness (QED) is 0.883. The van der Waals surface area contributed by atoms with E-state index in [1.165, 1.54) is 7.11 Å². The maximum absolute atomic E-state index is 12.4. The Labute approximate surface area is 139 Å². The molecule has 0 spiro atoms. The van der Waals surface area contributed by atoms with Gasteiger partial charge in [0.2, 0.25) is 0 Å². The lowest BCUT2D eigenvalue weighted by molar-refractivity contribution is -0.0300. The number of ether oxygens (including phenoxy) is 1. The third kappa shape index (κ3) is 3.21. The molecule has 1 saturated carbocycles. The van der Waals surface area contributed by atoms with Crippen LogP contribution in [0, 0.1) is 0 Å². The largest absolute Gasteiger partial charge is 0.496 e. The number of aliphatic hydroxyl groups is 1. The summed E-state index contributed by atoms with van der Waals surface area (Å²) in [6, 6.07) is 7.11. The molecule has 1 amide bonds. The highest BCUT2D eigenvalue weighted by Gasteiger charge is 2.34. The summed E-state index contributed by atoms with van der Waals surface area (Å²) in [6.07, 6.45) is 6.17. The molecular formula is C17H19ClN2O3. The van der Waals surface area contributed by atoms with Crippen molar-refractivity contribution in [3.63, 3.8) is 0 Å². The van der Waals surface area contributed by atoms with Crippen molar-refractivity contribution in [2.24, 2.45) is 0 Å². The van der Waals surface area contributed by atoms with Crippen LogP contribution < -0.4 is 10.1 Å². The summed E-state index contributed by atoms with van der Waals surface area (Å²) < 4.78 is 7.19. The molecule has 2 aromatic rings.